The molecule has 1 saturated heterocycles. The lowest BCUT2D eigenvalue weighted by molar-refractivity contribution is -0.126. The van der Waals surface area contributed by atoms with E-state index in [1.54, 1.807) is 6.92 Å². The monoisotopic (exact) mass is 332 g/mol. The van der Waals surface area contributed by atoms with E-state index < -0.39 is 0 Å². The van der Waals surface area contributed by atoms with Crippen LogP contribution in [0, 0.1) is 11.8 Å². The number of carbonyl (C=O) groups excluding carboxylic acids is 2. The maximum absolute atomic E-state index is 12.4. The molecule has 1 heterocycles. The van der Waals surface area contributed by atoms with Crippen molar-refractivity contribution in [3.63, 3.8) is 0 Å². The molecule has 2 atom stereocenters. The Morgan fingerprint density at radius 2 is 1.83 bits per heavy atom. The molecule has 2 N–H and O–H groups in total. The van der Waals surface area contributed by atoms with Crippen molar-refractivity contribution < 1.29 is 14.7 Å². The molecule has 2 amide bonds. The number of piperidine rings is 1. The van der Waals surface area contributed by atoms with E-state index in [9.17, 15) is 14.7 Å². The van der Waals surface area contributed by atoms with E-state index in [4.69, 9.17) is 0 Å². The van der Waals surface area contributed by atoms with Crippen molar-refractivity contribution in [2.45, 2.75) is 39.2 Å². The Bertz CT molecular complexity index is 537. The minimum atomic E-state index is -0.343. The van der Waals surface area contributed by atoms with Gasteiger partial charge in [-0.05, 0) is 44.2 Å². The number of amides is 2. The fourth-order valence-corrected chi connectivity index (χ4v) is 3.19. The largest absolute Gasteiger partial charge is 0.393 e. The summed E-state index contributed by atoms with van der Waals surface area (Å²) in [4.78, 5) is 26.5. The first-order chi connectivity index (χ1) is 11.5. The zero-order valence-electron chi connectivity index (χ0n) is 14.6. The van der Waals surface area contributed by atoms with Crippen molar-refractivity contribution in [2.75, 3.05) is 19.6 Å². The second-order valence-electron chi connectivity index (χ2n) is 6.87. The summed E-state index contributed by atoms with van der Waals surface area (Å²) in [6.07, 6.45) is 1.75. The van der Waals surface area contributed by atoms with Crippen LogP contribution < -0.4 is 5.32 Å². The van der Waals surface area contributed by atoms with Crippen LogP contribution in [-0.2, 0) is 4.79 Å². The van der Waals surface area contributed by atoms with Crippen LogP contribution in [0.4, 0.5) is 0 Å². The topological polar surface area (TPSA) is 69.6 Å². The van der Waals surface area contributed by atoms with Crippen molar-refractivity contribution in [1.29, 1.82) is 0 Å². The normalized spacial score (nSPS) is 18.0. The first kappa shape index (κ1) is 18.5. The van der Waals surface area contributed by atoms with Gasteiger partial charge in [0.25, 0.3) is 5.91 Å². The molecule has 0 spiro atoms. The SMILES string of the molecule is CC(O)CC(C)CNC(=O)C1CCN(C(=O)c2ccccc2)CC1. The van der Waals surface area contributed by atoms with Crippen LogP contribution in [0.3, 0.4) is 0 Å². The maximum Gasteiger partial charge on any atom is 0.253 e. The predicted octanol–water partition coefficient (Wildman–Crippen LogP) is 2.06. The molecule has 5 nitrogen and oxygen atoms in total. The quantitative estimate of drug-likeness (QED) is 0.838. The molecule has 0 saturated carbocycles. The van der Waals surface area contributed by atoms with Gasteiger partial charge in [-0.15, -0.1) is 0 Å². The Labute approximate surface area is 144 Å². The number of rotatable bonds is 6. The van der Waals surface area contributed by atoms with Gasteiger partial charge in [0.1, 0.15) is 0 Å². The predicted molar refractivity (Wildman–Crippen MR) is 93.5 cm³/mol. The highest BCUT2D eigenvalue weighted by molar-refractivity contribution is 5.94. The summed E-state index contributed by atoms with van der Waals surface area (Å²) in [5.41, 5.74) is 0.701. The number of likely N-dealkylation sites (tertiary alicyclic amines) is 1. The average Bonchev–Trinajstić information content (AvgIpc) is 2.59. The Balaban J connectivity index is 1.76. The number of nitrogens with zero attached hydrogens (tertiary/aromatic N) is 1. The van der Waals surface area contributed by atoms with Crippen LogP contribution >= 0.6 is 0 Å². The zero-order chi connectivity index (χ0) is 17.5. The summed E-state index contributed by atoms with van der Waals surface area (Å²) in [5, 5.41) is 12.3. The summed E-state index contributed by atoms with van der Waals surface area (Å²) in [7, 11) is 0. The first-order valence-corrected chi connectivity index (χ1v) is 8.77. The molecule has 2 rings (SSSR count). The molecule has 1 aliphatic heterocycles. The highest BCUT2D eigenvalue weighted by atomic mass is 16.3. The van der Waals surface area contributed by atoms with Crippen LogP contribution in [0.2, 0.25) is 0 Å². The summed E-state index contributed by atoms with van der Waals surface area (Å²) in [6.45, 7) is 5.61. The number of aliphatic hydroxyl groups is 1. The van der Waals surface area contributed by atoms with Crippen LogP contribution in [-0.4, -0.2) is 47.6 Å². The van der Waals surface area contributed by atoms with E-state index >= 15 is 0 Å². The molecule has 24 heavy (non-hydrogen) atoms. The van der Waals surface area contributed by atoms with Gasteiger partial charge in [0.05, 0.1) is 6.10 Å². The van der Waals surface area contributed by atoms with E-state index in [-0.39, 0.29) is 29.8 Å². The highest BCUT2D eigenvalue weighted by Crippen LogP contribution is 2.19. The number of benzene rings is 1. The van der Waals surface area contributed by atoms with Crippen LogP contribution in [0.1, 0.15) is 43.5 Å². The summed E-state index contributed by atoms with van der Waals surface area (Å²) in [5.74, 6) is 0.344. The van der Waals surface area contributed by atoms with E-state index in [1.807, 2.05) is 42.2 Å². The van der Waals surface area contributed by atoms with Crippen LogP contribution in [0.15, 0.2) is 30.3 Å². The van der Waals surface area contributed by atoms with Crippen LogP contribution in [0.25, 0.3) is 0 Å². The molecular weight excluding hydrogens is 304 g/mol. The fourth-order valence-electron chi connectivity index (χ4n) is 3.19. The van der Waals surface area contributed by atoms with E-state index in [0.29, 0.717) is 44.5 Å². The molecule has 2 unspecified atom stereocenters. The number of carbonyl (C=O) groups is 2. The minimum absolute atomic E-state index is 0.0245. The Morgan fingerprint density at radius 1 is 1.21 bits per heavy atom. The molecule has 132 valence electrons. The van der Waals surface area contributed by atoms with Gasteiger partial charge < -0.3 is 15.3 Å². The summed E-state index contributed by atoms with van der Waals surface area (Å²) >= 11 is 0. The van der Waals surface area contributed by atoms with Crippen LogP contribution in [0.5, 0.6) is 0 Å². The van der Waals surface area contributed by atoms with Crippen molar-refractivity contribution in [1.82, 2.24) is 10.2 Å². The molecule has 5 heteroatoms. The molecule has 1 aliphatic rings. The Kier molecular flexibility index (Phi) is 6.79. The first-order valence-electron chi connectivity index (χ1n) is 8.77. The van der Waals surface area contributed by atoms with Crippen molar-refractivity contribution >= 4 is 11.8 Å². The second kappa shape index (κ2) is 8.83. The summed E-state index contributed by atoms with van der Waals surface area (Å²) in [6, 6.07) is 9.27. The lowest BCUT2D eigenvalue weighted by atomic mass is 9.95. The van der Waals surface area contributed by atoms with Crippen molar-refractivity contribution in [3.8, 4) is 0 Å². The van der Waals surface area contributed by atoms with Crippen molar-refractivity contribution in [2.24, 2.45) is 11.8 Å². The molecule has 1 aromatic carbocycles. The lowest BCUT2D eigenvalue weighted by Gasteiger charge is -2.31. The van der Waals surface area contributed by atoms with Gasteiger partial charge in [0.15, 0.2) is 0 Å². The zero-order valence-corrected chi connectivity index (χ0v) is 14.6. The van der Waals surface area contributed by atoms with Crippen molar-refractivity contribution in [3.05, 3.63) is 35.9 Å². The Morgan fingerprint density at radius 3 is 2.42 bits per heavy atom. The van der Waals surface area contributed by atoms with Gasteiger partial charge in [-0.1, -0.05) is 25.1 Å². The van der Waals surface area contributed by atoms with Gasteiger partial charge in [0.2, 0.25) is 5.91 Å². The van der Waals surface area contributed by atoms with Gasteiger partial charge in [-0.2, -0.15) is 0 Å². The summed E-state index contributed by atoms with van der Waals surface area (Å²) < 4.78 is 0. The third-order valence-corrected chi connectivity index (χ3v) is 4.54. The van der Waals surface area contributed by atoms with Gasteiger partial charge in [-0.3, -0.25) is 9.59 Å². The second-order valence-corrected chi connectivity index (χ2v) is 6.87. The molecule has 0 aliphatic carbocycles. The van der Waals surface area contributed by atoms with E-state index in [0.717, 1.165) is 0 Å². The number of nitrogens with one attached hydrogen (secondary N) is 1. The van der Waals surface area contributed by atoms with E-state index in [1.165, 1.54) is 0 Å². The number of hydrogen-bond acceptors (Lipinski definition) is 3. The molecule has 0 bridgehead atoms. The molecule has 0 radical (unpaired) electrons. The van der Waals surface area contributed by atoms with Gasteiger partial charge in [0, 0.05) is 31.1 Å². The van der Waals surface area contributed by atoms with Gasteiger partial charge in [-0.25, -0.2) is 0 Å². The standard InChI is InChI=1S/C19H28N2O3/c1-14(12-15(2)22)13-20-18(23)16-8-10-21(11-9-16)19(24)17-6-4-3-5-7-17/h3-7,14-16,22H,8-13H2,1-2H3,(H,20,23). The molecule has 1 aromatic rings. The average molecular weight is 332 g/mol. The Hall–Kier alpha value is -1.88. The maximum atomic E-state index is 12.4. The fraction of sp³-hybridized carbons (Fsp3) is 0.579. The smallest absolute Gasteiger partial charge is 0.253 e. The van der Waals surface area contributed by atoms with Gasteiger partial charge >= 0.3 is 0 Å². The highest BCUT2D eigenvalue weighted by Gasteiger charge is 2.27. The molecule has 0 aromatic heterocycles. The third-order valence-electron chi connectivity index (χ3n) is 4.54. The third kappa shape index (κ3) is 5.34. The molecular formula is C19H28N2O3. The minimum Gasteiger partial charge on any atom is -0.393 e. The lowest BCUT2D eigenvalue weighted by Crippen LogP contribution is -2.43. The number of aliphatic hydroxyl groups excluding tert-OH is 1. The number of hydrogen-bond donors (Lipinski definition) is 2. The van der Waals surface area contributed by atoms with E-state index in [2.05, 4.69) is 5.32 Å². The molecule has 1 fully saturated rings.